The molecule has 0 spiro atoms. The molecule has 0 radical (unpaired) electrons. The van der Waals surface area contributed by atoms with E-state index in [0.717, 1.165) is 12.5 Å². The molecule has 5 heteroatoms. The van der Waals surface area contributed by atoms with E-state index in [0.29, 0.717) is 30.1 Å². The van der Waals surface area contributed by atoms with Crippen LogP contribution in [-0.4, -0.2) is 25.7 Å². The molecule has 0 aliphatic heterocycles. The second-order valence-electron chi connectivity index (χ2n) is 4.66. The van der Waals surface area contributed by atoms with Gasteiger partial charge in [0.15, 0.2) is 0 Å². The van der Waals surface area contributed by atoms with Crippen molar-refractivity contribution in [1.82, 2.24) is 5.32 Å². The Hall–Kier alpha value is -1.75. The maximum Gasteiger partial charge on any atom is 0.251 e. The van der Waals surface area contributed by atoms with Gasteiger partial charge in [-0.15, -0.1) is 0 Å². The standard InChI is InChI=1S/C13H19N3O2/c14-11-5-10(6-12(15)7-11)13(17)16-3-4-18-8-9-1-2-9/h5-7,9H,1-4,8,14-15H2,(H,16,17). The number of hydrogen-bond donors (Lipinski definition) is 3. The van der Waals surface area contributed by atoms with Crippen molar-refractivity contribution in [3.63, 3.8) is 0 Å². The van der Waals surface area contributed by atoms with Crippen LogP contribution in [0.4, 0.5) is 11.4 Å². The van der Waals surface area contributed by atoms with E-state index in [1.54, 1.807) is 18.2 Å². The van der Waals surface area contributed by atoms with Crippen LogP contribution in [-0.2, 0) is 4.74 Å². The smallest absolute Gasteiger partial charge is 0.251 e. The number of carbonyl (C=O) groups excluding carboxylic acids is 1. The molecular weight excluding hydrogens is 230 g/mol. The first-order valence-corrected chi connectivity index (χ1v) is 6.17. The van der Waals surface area contributed by atoms with Gasteiger partial charge in [0.2, 0.25) is 0 Å². The topological polar surface area (TPSA) is 90.4 Å². The largest absolute Gasteiger partial charge is 0.399 e. The average molecular weight is 249 g/mol. The van der Waals surface area contributed by atoms with E-state index in [4.69, 9.17) is 16.2 Å². The van der Waals surface area contributed by atoms with Gasteiger partial charge >= 0.3 is 0 Å². The number of nitrogens with two attached hydrogens (primary N) is 2. The molecular formula is C13H19N3O2. The van der Waals surface area contributed by atoms with Crippen LogP contribution in [0.3, 0.4) is 0 Å². The number of hydrogen-bond acceptors (Lipinski definition) is 4. The minimum Gasteiger partial charge on any atom is -0.399 e. The highest BCUT2D eigenvalue weighted by Crippen LogP contribution is 2.28. The lowest BCUT2D eigenvalue weighted by molar-refractivity contribution is 0.0906. The van der Waals surface area contributed by atoms with E-state index in [1.807, 2.05) is 0 Å². The fraction of sp³-hybridized carbons (Fsp3) is 0.462. The van der Waals surface area contributed by atoms with Crippen molar-refractivity contribution in [3.05, 3.63) is 23.8 Å². The number of rotatable bonds is 6. The maximum atomic E-state index is 11.8. The summed E-state index contributed by atoms with van der Waals surface area (Å²) in [4.78, 5) is 11.8. The zero-order valence-electron chi connectivity index (χ0n) is 10.3. The summed E-state index contributed by atoms with van der Waals surface area (Å²) in [5, 5.41) is 2.77. The van der Waals surface area contributed by atoms with E-state index >= 15 is 0 Å². The zero-order chi connectivity index (χ0) is 13.0. The molecule has 0 saturated heterocycles. The molecule has 5 N–H and O–H groups in total. The number of benzene rings is 1. The van der Waals surface area contributed by atoms with Gasteiger partial charge in [-0.25, -0.2) is 0 Å². The summed E-state index contributed by atoms with van der Waals surface area (Å²) in [6.45, 7) is 1.85. The molecule has 18 heavy (non-hydrogen) atoms. The molecule has 0 heterocycles. The quantitative estimate of drug-likeness (QED) is 0.518. The zero-order valence-corrected chi connectivity index (χ0v) is 10.3. The molecule has 1 fully saturated rings. The van der Waals surface area contributed by atoms with E-state index < -0.39 is 0 Å². The van der Waals surface area contributed by atoms with Crippen LogP contribution in [0.1, 0.15) is 23.2 Å². The monoisotopic (exact) mass is 249 g/mol. The number of nitrogens with one attached hydrogen (secondary N) is 1. The normalized spacial score (nSPS) is 14.4. The number of carbonyl (C=O) groups is 1. The highest BCUT2D eigenvalue weighted by Gasteiger charge is 2.20. The van der Waals surface area contributed by atoms with Crippen molar-refractivity contribution >= 4 is 17.3 Å². The Morgan fingerprint density at radius 3 is 2.56 bits per heavy atom. The lowest BCUT2D eigenvalue weighted by Gasteiger charge is -2.07. The Balaban J connectivity index is 1.72. The first-order valence-electron chi connectivity index (χ1n) is 6.17. The van der Waals surface area contributed by atoms with Gasteiger partial charge in [0, 0.05) is 30.1 Å². The molecule has 2 rings (SSSR count). The Morgan fingerprint density at radius 2 is 1.94 bits per heavy atom. The maximum absolute atomic E-state index is 11.8. The van der Waals surface area contributed by atoms with Crippen LogP contribution in [0.15, 0.2) is 18.2 Å². The second kappa shape index (κ2) is 5.73. The first kappa shape index (κ1) is 12.7. The van der Waals surface area contributed by atoms with Gasteiger partial charge in [-0.05, 0) is 37.0 Å². The van der Waals surface area contributed by atoms with E-state index in [-0.39, 0.29) is 5.91 Å². The molecule has 98 valence electrons. The van der Waals surface area contributed by atoms with Crippen molar-refractivity contribution < 1.29 is 9.53 Å². The predicted octanol–water partition coefficient (Wildman–Crippen LogP) is 1.01. The van der Waals surface area contributed by atoms with E-state index in [9.17, 15) is 4.79 Å². The molecule has 0 bridgehead atoms. The highest BCUT2D eigenvalue weighted by atomic mass is 16.5. The van der Waals surface area contributed by atoms with Crippen molar-refractivity contribution in [2.75, 3.05) is 31.2 Å². The number of anilines is 2. The first-order chi connectivity index (χ1) is 8.65. The Bertz CT molecular complexity index is 410. The van der Waals surface area contributed by atoms with Crippen molar-refractivity contribution in [2.24, 2.45) is 5.92 Å². The van der Waals surface area contributed by atoms with Crippen molar-refractivity contribution in [1.29, 1.82) is 0 Å². The fourth-order valence-corrected chi connectivity index (χ4v) is 1.68. The third-order valence-corrected chi connectivity index (χ3v) is 2.82. The number of ether oxygens (including phenoxy) is 1. The minimum absolute atomic E-state index is 0.177. The molecule has 0 atom stereocenters. The third kappa shape index (κ3) is 3.92. The SMILES string of the molecule is Nc1cc(N)cc(C(=O)NCCOCC2CC2)c1. The van der Waals surface area contributed by atoms with Gasteiger partial charge in [0.25, 0.3) is 5.91 Å². The molecule has 5 nitrogen and oxygen atoms in total. The van der Waals surface area contributed by atoms with Gasteiger partial charge < -0.3 is 21.5 Å². The number of nitrogen functional groups attached to an aromatic ring is 2. The summed E-state index contributed by atoms with van der Waals surface area (Å²) in [6.07, 6.45) is 2.55. The lowest BCUT2D eigenvalue weighted by atomic mass is 10.1. The molecule has 0 unspecified atom stereocenters. The summed E-state index contributed by atoms with van der Waals surface area (Å²) < 4.78 is 5.43. The van der Waals surface area contributed by atoms with Crippen LogP contribution in [0.25, 0.3) is 0 Å². The van der Waals surface area contributed by atoms with Crippen LogP contribution in [0.5, 0.6) is 0 Å². The van der Waals surface area contributed by atoms with E-state index in [1.165, 1.54) is 12.8 Å². The van der Waals surface area contributed by atoms with Gasteiger partial charge in [-0.3, -0.25) is 4.79 Å². The highest BCUT2D eigenvalue weighted by molar-refractivity contribution is 5.96. The van der Waals surface area contributed by atoms with Crippen LogP contribution >= 0.6 is 0 Å². The van der Waals surface area contributed by atoms with Crippen LogP contribution < -0.4 is 16.8 Å². The molecule has 1 amide bonds. The Morgan fingerprint density at radius 1 is 1.28 bits per heavy atom. The summed E-state index contributed by atoms with van der Waals surface area (Å²) >= 11 is 0. The van der Waals surface area contributed by atoms with Gasteiger partial charge in [-0.2, -0.15) is 0 Å². The van der Waals surface area contributed by atoms with Crippen molar-refractivity contribution in [2.45, 2.75) is 12.8 Å². The fourth-order valence-electron chi connectivity index (χ4n) is 1.68. The Kier molecular flexibility index (Phi) is 4.04. The summed E-state index contributed by atoms with van der Waals surface area (Å²) in [6, 6.07) is 4.84. The summed E-state index contributed by atoms with van der Waals surface area (Å²) in [7, 11) is 0. The molecule has 1 saturated carbocycles. The molecule has 1 aliphatic rings. The lowest BCUT2D eigenvalue weighted by Crippen LogP contribution is -2.27. The molecule has 1 aromatic rings. The van der Waals surface area contributed by atoms with Crippen LogP contribution in [0.2, 0.25) is 0 Å². The number of amides is 1. The Labute approximate surface area is 106 Å². The average Bonchev–Trinajstić information content (AvgIpc) is 3.11. The van der Waals surface area contributed by atoms with Crippen LogP contribution in [0, 0.1) is 5.92 Å². The third-order valence-electron chi connectivity index (χ3n) is 2.82. The second-order valence-corrected chi connectivity index (χ2v) is 4.66. The van der Waals surface area contributed by atoms with Gasteiger partial charge in [0.1, 0.15) is 0 Å². The minimum atomic E-state index is -0.177. The summed E-state index contributed by atoms with van der Waals surface area (Å²) in [5.74, 6) is 0.568. The molecule has 1 aliphatic carbocycles. The molecule has 0 aromatic heterocycles. The van der Waals surface area contributed by atoms with Gasteiger partial charge in [-0.1, -0.05) is 0 Å². The molecule has 1 aromatic carbocycles. The summed E-state index contributed by atoms with van der Waals surface area (Å²) in [5.41, 5.74) is 12.7. The van der Waals surface area contributed by atoms with Gasteiger partial charge in [0.05, 0.1) is 6.61 Å². The van der Waals surface area contributed by atoms with E-state index in [2.05, 4.69) is 5.32 Å². The van der Waals surface area contributed by atoms with Crippen molar-refractivity contribution in [3.8, 4) is 0 Å². The predicted molar refractivity (Wildman–Crippen MR) is 71.1 cm³/mol.